The molecule has 0 radical (unpaired) electrons. The summed E-state index contributed by atoms with van der Waals surface area (Å²) >= 11 is 9.92. The summed E-state index contributed by atoms with van der Waals surface area (Å²) in [6.07, 6.45) is 1.55. The minimum absolute atomic E-state index is 0.0208. The first-order valence-electron chi connectivity index (χ1n) is 5.33. The average molecular weight is 287 g/mol. The van der Waals surface area contributed by atoms with Crippen molar-refractivity contribution < 1.29 is 14.7 Å². The molecule has 1 fully saturated rings. The van der Waals surface area contributed by atoms with Gasteiger partial charge in [0.15, 0.2) is 0 Å². The first kappa shape index (κ1) is 13.2. The van der Waals surface area contributed by atoms with Crippen LogP contribution in [-0.4, -0.2) is 34.3 Å². The number of carboxylic acids is 1. The third-order valence-corrected chi connectivity index (χ3v) is 3.56. The molecule has 1 saturated heterocycles. The summed E-state index contributed by atoms with van der Waals surface area (Å²) in [7, 11) is 0. The van der Waals surface area contributed by atoms with Crippen molar-refractivity contribution in [2.24, 2.45) is 5.92 Å². The first-order chi connectivity index (χ1) is 8.52. The highest BCUT2D eigenvalue weighted by Gasteiger charge is 2.32. The number of carbonyl (C=O) groups excluding carboxylic acids is 1. The Morgan fingerprint density at radius 2 is 2.39 bits per heavy atom. The van der Waals surface area contributed by atoms with Gasteiger partial charge >= 0.3 is 5.97 Å². The van der Waals surface area contributed by atoms with E-state index in [0.29, 0.717) is 24.4 Å². The second-order valence-corrected chi connectivity index (χ2v) is 4.84. The molecule has 96 valence electrons. The summed E-state index contributed by atoms with van der Waals surface area (Å²) in [5.74, 6) is -0.520. The van der Waals surface area contributed by atoms with Gasteiger partial charge in [-0.1, -0.05) is 11.6 Å². The fourth-order valence-corrected chi connectivity index (χ4v) is 2.34. The molecular weight excluding hydrogens is 276 g/mol. The molecule has 1 unspecified atom stereocenters. The van der Waals surface area contributed by atoms with Crippen molar-refractivity contribution in [2.45, 2.75) is 6.42 Å². The number of aromatic nitrogens is 1. The zero-order chi connectivity index (χ0) is 13.3. The normalized spacial score (nSPS) is 19.3. The fraction of sp³-hybridized carbons (Fsp3) is 0.364. The number of nitrogens with zero attached hydrogens (tertiary/aromatic N) is 2. The van der Waals surface area contributed by atoms with Crippen LogP contribution in [0.15, 0.2) is 12.3 Å². The zero-order valence-electron chi connectivity index (χ0n) is 9.34. The number of hydrogen-bond donors (Lipinski definition) is 2. The highest BCUT2D eigenvalue weighted by atomic mass is 35.5. The van der Waals surface area contributed by atoms with Crippen LogP contribution < -0.4 is 4.90 Å². The molecule has 1 aromatic rings. The Morgan fingerprint density at radius 3 is 2.94 bits per heavy atom. The van der Waals surface area contributed by atoms with Crippen LogP contribution >= 0.6 is 24.2 Å². The Hall–Kier alpha value is -1.27. The van der Waals surface area contributed by atoms with E-state index in [1.54, 1.807) is 0 Å². The fourth-order valence-electron chi connectivity index (χ4n) is 1.94. The van der Waals surface area contributed by atoms with Gasteiger partial charge in [-0.25, -0.2) is 9.78 Å². The molecule has 7 heteroatoms. The van der Waals surface area contributed by atoms with Gasteiger partial charge in [-0.3, -0.25) is 4.79 Å². The van der Waals surface area contributed by atoms with Crippen molar-refractivity contribution in [3.8, 4) is 0 Å². The lowest BCUT2D eigenvalue weighted by molar-refractivity contribution is -0.117. The third kappa shape index (κ3) is 2.44. The number of thiol groups is 1. The SMILES string of the molecule is O=C(O)c1cnc(Cl)cc1N1CC(CS)CC1=O. The number of pyridine rings is 1. The van der Waals surface area contributed by atoms with Gasteiger partial charge in [0.2, 0.25) is 5.91 Å². The topological polar surface area (TPSA) is 70.5 Å². The van der Waals surface area contributed by atoms with Gasteiger partial charge < -0.3 is 10.0 Å². The molecule has 5 nitrogen and oxygen atoms in total. The maximum Gasteiger partial charge on any atom is 0.339 e. The van der Waals surface area contributed by atoms with Crippen LogP contribution in [0, 0.1) is 5.92 Å². The highest BCUT2D eigenvalue weighted by molar-refractivity contribution is 7.80. The van der Waals surface area contributed by atoms with E-state index in [1.165, 1.54) is 17.2 Å². The van der Waals surface area contributed by atoms with Gasteiger partial charge in [-0.2, -0.15) is 12.6 Å². The third-order valence-electron chi connectivity index (χ3n) is 2.83. The Labute approximate surface area is 114 Å². The molecule has 2 heterocycles. The molecule has 0 spiro atoms. The lowest BCUT2D eigenvalue weighted by Crippen LogP contribution is -2.26. The van der Waals surface area contributed by atoms with Gasteiger partial charge in [-0.15, -0.1) is 0 Å². The first-order valence-corrected chi connectivity index (χ1v) is 6.34. The second kappa shape index (κ2) is 5.16. The number of amides is 1. The Bertz CT molecular complexity index is 509. The predicted octanol–water partition coefficient (Wildman–Crippen LogP) is 1.72. The average Bonchev–Trinajstić information content (AvgIpc) is 2.70. The molecular formula is C11H11ClN2O3S. The zero-order valence-corrected chi connectivity index (χ0v) is 11.0. The van der Waals surface area contributed by atoms with Gasteiger partial charge in [0.1, 0.15) is 10.7 Å². The number of rotatable bonds is 3. The molecule has 1 amide bonds. The smallest absolute Gasteiger partial charge is 0.339 e. The Kier molecular flexibility index (Phi) is 3.77. The van der Waals surface area contributed by atoms with Crippen LogP contribution in [-0.2, 0) is 4.79 Å². The molecule has 0 aromatic carbocycles. The van der Waals surface area contributed by atoms with Crippen LogP contribution in [0.5, 0.6) is 0 Å². The lowest BCUT2D eigenvalue weighted by Gasteiger charge is -2.18. The monoisotopic (exact) mass is 286 g/mol. The molecule has 18 heavy (non-hydrogen) atoms. The van der Waals surface area contributed by atoms with Gasteiger partial charge in [0.05, 0.1) is 5.69 Å². The summed E-state index contributed by atoms with van der Waals surface area (Å²) in [5.41, 5.74) is 0.282. The van der Waals surface area contributed by atoms with E-state index in [0.717, 1.165) is 0 Å². The second-order valence-electron chi connectivity index (χ2n) is 4.09. The van der Waals surface area contributed by atoms with E-state index >= 15 is 0 Å². The largest absolute Gasteiger partial charge is 0.478 e. The van der Waals surface area contributed by atoms with Crippen molar-refractivity contribution in [2.75, 3.05) is 17.2 Å². The van der Waals surface area contributed by atoms with E-state index in [-0.39, 0.29) is 22.5 Å². The Balaban J connectivity index is 2.41. The molecule has 1 aromatic heterocycles. The molecule has 0 saturated carbocycles. The summed E-state index contributed by atoms with van der Waals surface area (Å²) in [5, 5.41) is 9.25. The van der Waals surface area contributed by atoms with Crippen LogP contribution in [0.1, 0.15) is 16.8 Å². The van der Waals surface area contributed by atoms with E-state index in [9.17, 15) is 9.59 Å². The van der Waals surface area contributed by atoms with Gasteiger partial charge in [-0.05, 0) is 11.7 Å². The van der Waals surface area contributed by atoms with E-state index in [2.05, 4.69) is 17.6 Å². The summed E-state index contributed by atoms with van der Waals surface area (Å²) in [6.45, 7) is 0.461. The number of anilines is 1. The molecule has 0 aliphatic carbocycles. The maximum absolute atomic E-state index is 11.9. The maximum atomic E-state index is 11.9. The Morgan fingerprint density at radius 1 is 1.67 bits per heavy atom. The number of carbonyl (C=O) groups is 2. The number of hydrogen-bond acceptors (Lipinski definition) is 4. The molecule has 1 atom stereocenters. The van der Waals surface area contributed by atoms with Crippen molar-refractivity contribution in [3.63, 3.8) is 0 Å². The summed E-state index contributed by atoms with van der Waals surface area (Å²) < 4.78 is 0. The van der Waals surface area contributed by atoms with Crippen molar-refractivity contribution in [1.29, 1.82) is 0 Å². The predicted molar refractivity (Wildman–Crippen MR) is 70.5 cm³/mol. The van der Waals surface area contributed by atoms with Crippen LogP contribution in [0.4, 0.5) is 5.69 Å². The van der Waals surface area contributed by atoms with Crippen LogP contribution in [0.3, 0.4) is 0 Å². The highest BCUT2D eigenvalue weighted by Crippen LogP contribution is 2.29. The van der Waals surface area contributed by atoms with Crippen molar-refractivity contribution >= 4 is 41.8 Å². The van der Waals surface area contributed by atoms with Crippen LogP contribution in [0.25, 0.3) is 0 Å². The minimum Gasteiger partial charge on any atom is -0.478 e. The van der Waals surface area contributed by atoms with Crippen molar-refractivity contribution in [3.05, 3.63) is 23.0 Å². The van der Waals surface area contributed by atoms with E-state index < -0.39 is 5.97 Å². The molecule has 1 aliphatic rings. The summed E-state index contributed by atoms with van der Waals surface area (Å²) in [4.78, 5) is 28.1. The quantitative estimate of drug-likeness (QED) is 0.656. The molecule has 1 N–H and O–H groups in total. The number of aromatic carboxylic acids is 1. The van der Waals surface area contributed by atoms with Gasteiger partial charge in [0, 0.05) is 25.2 Å². The van der Waals surface area contributed by atoms with Gasteiger partial charge in [0.25, 0.3) is 0 Å². The lowest BCUT2D eigenvalue weighted by atomic mass is 10.1. The summed E-state index contributed by atoms with van der Waals surface area (Å²) in [6, 6.07) is 1.41. The minimum atomic E-state index is -1.13. The van der Waals surface area contributed by atoms with E-state index in [1.807, 2.05) is 0 Å². The number of halogens is 1. The molecule has 0 bridgehead atoms. The number of carboxylic acid groups (broad SMARTS) is 1. The standard InChI is InChI=1S/C11H11ClN2O3S/c12-9-2-8(7(3-13-9)11(16)17)14-4-6(5-18)1-10(14)15/h2-3,6,18H,1,4-5H2,(H,16,17). The van der Waals surface area contributed by atoms with Crippen LogP contribution in [0.2, 0.25) is 5.15 Å². The van der Waals surface area contributed by atoms with E-state index in [4.69, 9.17) is 16.7 Å². The van der Waals surface area contributed by atoms with Crippen molar-refractivity contribution in [1.82, 2.24) is 4.98 Å². The molecule has 1 aliphatic heterocycles. The molecule has 2 rings (SSSR count).